The Hall–Kier alpha value is -3.95. The predicted molar refractivity (Wildman–Crippen MR) is 138 cm³/mol. The number of hydrogen-bond acceptors (Lipinski definition) is 7. The van der Waals surface area contributed by atoms with Crippen molar-refractivity contribution in [1.82, 2.24) is 4.57 Å². The largest absolute Gasteiger partial charge is 0.493 e. The van der Waals surface area contributed by atoms with Crippen LogP contribution in [-0.2, 0) is 12.0 Å². The van der Waals surface area contributed by atoms with E-state index in [9.17, 15) is 14.7 Å². The highest BCUT2D eigenvalue weighted by molar-refractivity contribution is 6.03. The molecule has 0 saturated heterocycles. The summed E-state index contributed by atoms with van der Waals surface area (Å²) in [5.41, 5.74) is 5.52. The number of benzene rings is 2. The second kappa shape index (κ2) is 9.49. The number of aromatic nitrogens is 1. The molecule has 9 nitrogen and oxygen atoms in total. The molecular weight excluding hydrogens is 481 g/mol. The highest BCUT2D eigenvalue weighted by atomic mass is 19.1. The van der Waals surface area contributed by atoms with E-state index in [1.165, 1.54) is 6.20 Å². The van der Waals surface area contributed by atoms with Gasteiger partial charge in [0.25, 0.3) is 0 Å². The molecule has 0 atom stereocenters. The molecule has 2 aromatic carbocycles. The number of carbonyl (C=O) groups is 1. The molecule has 5 rings (SSSR count). The van der Waals surface area contributed by atoms with Gasteiger partial charge in [-0.3, -0.25) is 4.79 Å². The smallest absolute Gasteiger partial charge is 0.341 e. The van der Waals surface area contributed by atoms with Crippen molar-refractivity contribution >= 4 is 28.2 Å². The van der Waals surface area contributed by atoms with Gasteiger partial charge in [-0.1, -0.05) is 18.9 Å². The number of methoxy groups -OCH3 is 2. The normalized spacial score (nSPS) is 15.5. The number of nitrogen functional groups attached to an aromatic ring is 1. The number of aryl methyl sites for hydroxylation is 1. The lowest BCUT2D eigenvalue weighted by Gasteiger charge is -2.39. The molecule has 37 heavy (non-hydrogen) atoms. The van der Waals surface area contributed by atoms with E-state index in [2.05, 4.69) is 5.32 Å². The molecule has 1 aromatic heterocycles. The molecule has 1 aliphatic heterocycles. The van der Waals surface area contributed by atoms with Crippen LogP contribution >= 0.6 is 0 Å². The van der Waals surface area contributed by atoms with Crippen LogP contribution < -0.4 is 30.7 Å². The highest BCUT2D eigenvalue weighted by Crippen LogP contribution is 2.48. The summed E-state index contributed by atoms with van der Waals surface area (Å²) in [6.45, 7) is 0.676. The number of ether oxygens (including phenoxy) is 3. The number of nitrogens with two attached hydrogens (primary N) is 1. The molecule has 3 aromatic rings. The van der Waals surface area contributed by atoms with Crippen molar-refractivity contribution < 1.29 is 28.5 Å². The summed E-state index contributed by atoms with van der Waals surface area (Å²) < 4.78 is 34.1. The summed E-state index contributed by atoms with van der Waals surface area (Å²) in [7, 11) is 3.16. The number of anilines is 2. The zero-order valence-corrected chi connectivity index (χ0v) is 20.9. The molecule has 10 heteroatoms. The molecule has 196 valence electrons. The zero-order valence-electron chi connectivity index (χ0n) is 20.9. The third kappa shape index (κ3) is 4.00. The average molecular weight is 512 g/mol. The van der Waals surface area contributed by atoms with Crippen molar-refractivity contribution in [2.45, 2.75) is 44.1 Å². The minimum absolute atomic E-state index is 0.0846. The molecule has 0 unspecified atom stereocenters. The van der Waals surface area contributed by atoms with Gasteiger partial charge >= 0.3 is 5.97 Å². The van der Waals surface area contributed by atoms with Gasteiger partial charge in [0.1, 0.15) is 17.9 Å². The monoisotopic (exact) mass is 511 g/mol. The van der Waals surface area contributed by atoms with Gasteiger partial charge in [0.2, 0.25) is 5.43 Å². The van der Waals surface area contributed by atoms with Crippen LogP contribution in [0.5, 0.6) is 17.2 Å². The third-order valence-corrected chi connectivity index (χ3v) is 7.53. The van der Waals surface area contributed by atoms with Crippen LogP contribution in [0.3, 0.4) is 0 Å². The van der Waals surface area contributed by atoms with E-state index in [-0.39, 0.29) is 29.1 Å². The second-order valence-corrected chi connectivity index (χ2v) is 9.64. The van der Waals surface area contributed by atoms with Crippen LogP contribution in [0.25, 0.3) is 10.9 Å². The van der Waals surface area contributed by atoms with Crippen LogP contribution in [0.1, 0.15) is 48.0 Å². The van der Waals surface area contributed by atoms with Gasteiger partial charge in [-0.2, -0.15) is 0 Å². The number of carboxylic acid groups (broad SMARTS) is 1. The van der Waals surface area contributed by atoms with Crippen LogP contribution in [0.15, 0.2) is 29.2 Å². The second-order valence-electron chi connectivity index (χ2n) is 9.64. The van der Waals surface area contributed by atoms with Crippen molar-refractivity contribution in [2.75, 3.05) is 38.4 Å². The van der Waals surface area contributed by atoms with Crippen LogP contribution in [0.2, 0.25) is 0 Å². The molecule has 0 bridgehead atoms. The summed E-state index contributed by atoms with van der Waals surface area (Å²) >= 11 is 0. The molecule has 1 aliphatic carbocycles. The van der Waals surface area contributed by atoms with E-state index in [1.807, 2.05) is 22.8 Å². The van der Waals surface area contributed by atoms with Crippen LogP contribution in [-0.4, -0.2) is 43.0 Å². The van der Waals surface area contributed by atoms with Crippen LogP contribution in [0.4, 0.5) is 15.8 Å². The van der Waals surface area contributed by atoms with E-state index in [0.29, 0.717) is 36.4 Å². The summed E-state index contributed by atoms with van der Waals surface area (Å²) in [4.78, 5) is 24.9. The zero-order chi connectivity index (χ0) is 26.3. The highest BCUT2D eigenvalue weighted by Gasteiger charge is 2.43. The number of nitrogens with one attached hydrogen (secondary N) is 1. The van der Waals surface area contributed by atoms with Gasteiger partial charge in [-0.25, -0.2) is 9.18 Å². The Balaban J connectivity index is 1.50. The van der Waals surface area contributed by atoms with Gasteiger partial charge in [0, 0.05) is 12.7 Å². The number of carboxylic acids is 1. The maximum atomic E-state index is 15.6. The van der Waals surface area contributed by atoms with Crippen molar-refractivity contribution in [3.63, 3.8) is 0 Å². The summed E-state index contributed by atoms with van der Waals surface area (Å²) in [6, 6.07) is 5.69. The lowest BCUT2D eigenvalue weighted by atomic mass is 9.93. The minimum atomic E-state index is -1.37. The summed E-state index contributed by atoms with van der Waals surface area (Å²) in [5.74, 6) is -0.708. The number of fused-ring (bicyclic) bond motifs is 1. The molecule has 2 heterocycles. The van der Waals surface area contributed by atoms with Crippen molar-refractivity contribution in [3.05, 3.63) is 51.6 Å². The van der Waals surface area contributed by atoms with Crippen molar-refractivity contribution in [2.24, 2.45) is 0 Å². The molecular formula is C27H30FN3O6. The van der Waals surface area contributed by atoms with E-state index in [1.54, 1.807) is 14.2 Å². The number of halogens is 1. The Kier molecular flexibility index (Phi) is 6.35. The number of nitrogens with zero attached hydrogens (tertiary/aromatic N) is 1. The number of pyridine rings is 1. The number of aromatic carboxylic acids is 1. The quantitative estimate of drug-likeness (QED) is 0.304. The van der Waals surface area contributed by atoms with Gasteiger partial charge in [0.15, 0.2) is 23.1 Å². The summed E-state index contributed by atoms with van der Waals surface area (Å²) in [5, 5.41) is 12.6. The number of hydrogen-bond donors (Lipinski definition) is 3. The Morgan fingerprint density at radius 1 is 1.24 bits per heavy atom. The van der Waals surface area contributed by atoms with E-state index in [4.69, 9.17) is 19.9 Å². The van der Waals surface area contributed by atoms with E-state index < -0.39 is 28.3 Å². The first kappa shape index (κ1) is 24.7. The molecule has 4 N–H and O–H groups in total. The van der Waals surface area contributed by atoms with E-state index in [0.717, 1.165) is 31.2 Å². The average Bonchev–Trinajstić information content (AvgIpc) is 3.37. The van der Waals surface area contributed by atoms with Gasteiger partial charge in [-0.05, 0) is 43.4 Å². The van der Waals surface area contributed by atoms with Crippen LogP contribution in [0, 0.1) is 5.82 Å². The first-order valence-corrected chi connectivity index (χ1v) is 12.3. The lowest BCUT2D eigenvalue weighted by Crippen LogP contribution is -2.42. The lowest BCUT2D eigenvalue weighted by molar-refractivity contribution is 0.0692. The first-order valence-electron chi connectivity index (χ1n) is 12.3. The van der Waals surface area contributed by atoms with E-state index >= 15 is 4.39 Å². The third-order valence-electron chi connectivity index (χ3n) is 7.53. The SMILES string of the molecule is COc1ccc(CCCNc2c(F)c(N)c3c(=O)c(C(=O)O)cn4c3c2OCC42CCCC2)cc1OC. The fourth-order valence-electron chi connectivity index (χ4n) is 5.61. The maximum Gasteiger partial charge on any atom is 0.341 e. The standard InChI is InChI=1S/C27H30FN3O6/c1-35-17-8-7-15(12-18(17)36-2)6-5-11-30-22-20(28)21(29)19-23-25(22)37-14-27(9-3-4-10-27)31(23)13-16(24(19)32)26(33)34/h7-8,12-13,30H,3-6,9-11,14,29H2,1-2H3,(H,33,34). The van der Waals surface area contributed by atoms with Gasteiger partial charge in [-0.15, -0.1) is 0 Å². The van der Waals surface area contributed by atoms with Crippen molar-refractivity contribution in [1.29, 1.82) is 0 Å². The first-order chi connectivity index (χ1) is 17.8. The van der Waals surface area contributed by atoms with Crippen molar-refractivity contribution in [3.8, 4) is 17.2 Å². The Morgan fingerprint density at radius 3 is 2.65 bits per heavy atom. The predicted octanol–water partition coefficient (Wildman–Crippen LogP) is 4.14. The minimum Gasteiger partial charge on any atom is -0.493 e. The molecule has 0 amide bonds. The Labute approximate surface area is 212 Å². The fourth-order valence-corrected chi connectivity index (χ4v) is 5.61. The molecule has 2 aliphatic rings. The maximum absolute atomic E-state index is 15.6. The fraction of sp³-hybridized carbons (Fsp3) is 0.407. The van der Waals surface area contributed by atoms with Gasteiger partial charge < -0.3 is 34.9 Å². The molecule has 0 radical (unpaired) electrons. The topological polar surface area (TPSA) is 125 Å². The Bertz CT molecular complexity index is 1440. The summed E-state index contributed by atoms with van der Waals surface area (Å²) in [6.07, 6.45) is 6.19. The molecule has 1 spiro atoms. The van der Waals surface area contributed by atoms with Gasteiger partial charge in [0.05, 0.1) is 36.3 Å². The number of rotatable bonds is 8. The molecule has 1 saturated carbocycles. The molecule has 1 fully saturated rings. The Morgan fingerprint density at radius 2 is 1.97 bits per heavy atom.